The van der Waals surface area contributed by atoms with Gasteiger partial charge in [0.2, 0.25) is 0 Å². The van der Waals surface area contributed by atoms with Crippen molar-refractivity contribution >= 4 is 5.97 Å². The SMILES string of the molecule is CC(c1cc(F)ccc1O)N1CCCN(CC(=O)O)CC1. The van der Waals surface area contributed by atoms with Crippen LogP contribution in [-0.4, -0.2) is 58.7 Å². The van der Waals surface area contributed by atoms with E-state index < -0.39 is 5.97 Å². The Morgan fingerprint density at radius 1 is 1.33 bits per heavy atom. The lowest BCUT2D eigenvalue weighted by molar-refractivity contribution is -0.138. The Labute approximate surface area is 123 Å². The maximum atomic E-state index is 13.4. The molecule has 0 aliphatic carbocycles. The number of carboxylic acid groups (broad SMARTS) is 1. The molecule has 1 fully saturated rings. The van der Waals surface area contributed by atoms with E-state index in [-0.39, 0.29) is 24.2 Å². The van der Waals surface area contributed by atoms with Crippen LogP contribution >= 0.6 is 0 Å². The molecule has 6 heteroatoms. The van der Waals surface area contributed by atoms with Crippen molar-refractivity contribution < 1.29 is 19.4 Å². The summed E-state index contributed by atoms with van der Waals surface area (Å²) in [6.07, 6.45) is 0.855. The number of aromatic hydroxyl groups is 1. The minimum Gasteiger partial charge on any atom is -0.508 e. The number of rotatable bonds is 4. The number of aliphatic carboxylic acids is 1. The van der Waals surface area contributed by atoms with E-state index in [1.165, 1.54) is 18.2 Å². The summed E-state index contributed by atoms with van der Waals surface area (Å²) >= 11 is 0. The topological polar surface area (TPSA) is 64.0 Å². The maximum Gasteiger partial charge on any atom is 0.317 e. The largest absolute Gasteiger partial charge is 0.508 e. The van der Waals surface area contributed by atoms with Gasteiger partial charge in [-0.2, -0.15) is 0 Å². The van der Waals surface area contributed by atoms with Crippen LogP contribution in [0.1, 0.15) is 24.9 Å². The van der Waals surface area contributed by atoms with Gasteiger partial charge in [-0.15, -0.1) is 0 Å². The van der Waals surface area contributed by atoms with Gasteiger partial charge in [0.1, 0.15) is 11.6 Å². The minimum atomic E-state index is -0.820. The third-order valence-electron chi connectivity index (χ3n) is 3.97. The summed E-state index contributed by atoms with van der Waals surface area (Å²) in [6.45, 7) is 4.88. The number of phenolic OH excluding ortho intramolecular Hbond substituents is 1. The highest BCUT2D eigenvalue weighted by Crippen LogP contribution is 2.29. The third kappa shape index (κ3) is 4.15. The first kappa shape index (κ1) is 15.7. The summed E-state index contributed by atoms with van der Waals surface area (Å²) in [5, 5.41) is 18.7. The molecule has 0 saturated carbocycles. The Balaban J connectivity index is 2.04. The van der Waals surface area contributed by atoms with Gasteiger partial charge < -0.3 is 10.2 Å². The molecule has 0 amide bonds. The standard InChI is InChI=1S/C15H21FN2O3/c1-11(13-9-12(16)3-4-14(13)19)18-6-2-5-17(7-8-18)10-15(20)21/h3-4,9,11,19H,2,5-8,10H2,1H3,(H,20,21). The highest BCUT2D eigenvalue weighted by molar-refractivity contribution is 5.69. The van der Waals surface area contributed by atoms with Crippen LogP contribution in [0.25, 0.3) is 0 Å². The molecule has 1 heterocycles. The van der Waals surface area contributed by atoms with Crippen molar-refractivity contribution in [3.05, 3.63) is 29.6 Å². The first-order valence-electron chi connectivity index (χ1n) is 7.14. The molecule has 0 spiro atoms. The average Bonchev–Trinajstić information content (AvgIpc) is 2.66. The lowest BCUT2D eigenvalue weighted by Crippen LogP contribution is -2.35. The Morgan fingerprint density at radius 3 is 2.81 bits per heavy atom. The van der Waals surface area contributed by atoms with E-state index in [0.29, 0.717) is 18.7 Å². The Kier molecular flexibility index (Phi) is 5.14. The number of carbonyl (C=O) groups is 1. The molecule has 0 radical (unpaired) electrons. The summed E-state index contributed by atoms with van der Waals surface area (Å²) in [4.78, 5) is 14.8. The molecule has 1 atom stereocenters. The van der Waals surface area contributed by atoms with Crippen molar-refractivity contribution in [2.75, 3.05) is 32.7 Å². The van der Waals surface area contributed by atoms with Crippen molar-refractivity contribution in [1.82, 2.24) is 9.80 Å². The van der Waals surface area contributed by atoms with Crippen LogP contribution in [0.5, 0.6) is 5.75 Å². The number of halogens is 1. The number of hydrogen-bond donors (Lipinski definition) is 2. The lowest BCUT2D eigenvalue weighted by atomic mass is 10.1. The second-order valence-corrected chi connectivity index (χ2v) is 5.44. The van der Waals surface area contributed by atoms with Crippen LogP contribution in [-0.2, 0) is 4.79 Å². The zero-order valence-corrected chi connectivity index (χ0v) is 12.1. The average molecular weight is 296 g/mol. The molecule has 21 heavy (non-hydrogen) atoms. The van der Waals surface area contributed by atoms with Crippen molar-refractivity contribution in [3.8, 4) is 5.75 Å². The molecule has 116 valence electrons. The molecular weight excluding hydrogens is 275 g/mol. The van der Waals surface area contributed by atoms with Gasteiger partial charge in [0, 0.05) is 37.8 Å². The molecule has 2 rings (SSSR count). The number of benzene rings is 1. The summed E-state index contributed by atoms with van der Waals surface area (Å²) < 4.78 is 13.4. The molecule has 1 aromatic carbocycles. The van der Waals surface area contributed by atoms with E-state index in [1.54, 1.807) is 0 Å². The molecular formula is C15H21FN2O3. The predicted octanol–water partition coefficient (Wildman–Crippen LogP) is 1.68. The smallest absolute Gasteiger partial charge is 0.317 e. The molecule has 1 unspecified atom stereocenters. The lowest BCUT2D eigenvalue weighted by Gasteiger charge is -2.28. The fourth-order valence-electron chi connectivity index (χ4n) is 2.78. The first-order chi connectivity index (χ1) is 9.97. The summed E-state index contributed by atoms with van der Waals surface area (Å²) in [5.74, 6) is -1.09. The second kappa shape index (κ2) is 6.87. The molecule has 1 aromatic rings. The number of nitrogens with zero attached hydrogens (tertiary/aromatic N) is 2. The highest BCUT2D eigenvalue weighted by Gasteiger charge is 2.23. The van der Waals surface area contributed by atoms with E-state index in [2.05, 4.69) is 4.90 Å². The zero-order valence-electron chi connectivity index (χ0n) is 12.1. The highest BCUT2D eigenvalue weighted by atomic mass is 19.1. The second-order valence-electron chi connectivity index (χ2n) is 5.44. The van der Waals surface area contributed by atoms with E-state index in [9.17, 15) is 14.3 Å². The van der Waals surface area contributed by atoms with Crippen molar-refractivity contribution in [3.63, 3.8) is 0 Å². The van der Waals surface area contributed by atoms with Crippen LogP contribution in [0.2, 0.25) is 0 Å². The van der Waals surface area contributed by atoms with Gasteiger partial charge in [0.05, 0.1) is 6.54 Å². The molecule has 0 aromatic heterocycles. The maximum absolute atomic E-state index is 13.4. The molecule has 2 N–H and O–H groups in total. The summed E-state index contributed by atoms with van der Waals surface area (Å²) in [7, 11) is 0. The Morgan fingerprint density at radius 2 is 2.10 bits per heavy atom. The normalized spacial score (nSPS) is 19.1. The third-order valence-corrected chi connectivity index (χ3v) is 3.97. The van der Waals surface area contributed by atoms with Crippen LogP contribution in [0, 0.1) is 5.82 Å². The fraction of sp³-hybridized carbons (Fsp3) is 0.533. The minimum absolute atomic E-state index is 0.0490. The van der Waals surface area contributed by atoms with Crippen LogP contribution in [0.15, 0.2) is 18.2 Å². The predicted molar refractivity (Wildman–Crippen MR) is 76.7 cm³/mol. The molecule has 1 aliphatic rings. The van der Waals surface area contributed by atoms with E-state index in [0.717, 1.165) is 19.5 Å². The van der Waals surface area contributed by atoms with Gasteiger partial charge in [0.25, 0.3) is 0 Å². The van der Waals surface area contributed by atoms with Gasteiger partial charge in [-0.05, 0) is 31.5 Å². The molecule has 5 nitrogen and oxygen atoms in total. The van der Waals surface area contributed by atoms with Gasteiger partial charge in [-0.25, -0.2) is 4.39 Å². The zero-order chi connectivity index (χ0) is 15.4. The quantitative estimate of drug-likeness (QED) is 0.885. The van der Waals surface area contributed by atoms with Crippen LogP contribution < -0.4 is 0 Å². The number of hydrogen-bond acceptors (Lipinski definition) is 4. The van der Waals surface area contributed by atoms with Crippen molar-refractivity contribution in [2.45, 2.75) is 19.4 Å². The molecule has 1 saturated heterocycles. The van der Waals surface area contributed by atoms with Crippen molar-refractivity contribution in [1.29, 1.82) is 0 Å². The Hall–Kier alpha value is -1.66. The molecule has 1 aliphatic heterocycles. The summed E-state index contributed by atoms with van der Waals surface area (Å²) in [6, 6.07) is 3.86. The van der Waals surface area contributed by atoms with Gasteiger partial charge in [-0.3, -0.25) is 14.6 Å². The monoisotopic (exact) mass is 296 g/mol. The van der Waals surface area contributed by atoms with E-state index in [4.69, 9.17) is 5.11 Å². The number of carboxylic acids is 1. The van der Waals surface area contributed by atoms with E-state index in [1.807, 2.05) is 11.8 Å². The van der Waals surface area contributed by atoms with Gasteiger partial charge >= 0.3 is 5.97 Å². The van der Waals surface area contributed by atoms with Crippen LogP contribution in [0.4, 0.5) is 4.39 Å². The van der Waals surface area contributed by atoms with Crippen molar-refractivity contribution in [2.24, 2.45) is 0 Å². The summed E-state index contributed by atoms with van der Waals surface area (Å²) in [5.41, 5.74) is 0.571. The Bertz CT molecular complexity index is 510. The van der Waals surface area contributed by atoms with Gasteiger partial charge in [0.15, 0.2) is 0 Å². The number of phenols is 1. The van der Waals surface area contributed by atoms with E-state index >= 15 is 0 Å². The van der Waals surface area contributed by atoms with Gasteiger partial charge in [-0.1, -0.05) is 0 Å². The first-order valence-corrected chi connectivity index (χ1v) is 7.14. The fourth-order valence-corrected chi connectivity index (χ4v) is 2.78. The van der Waals surface area contributed by atoms with Crippen LogP contribution in [0.3, 0.4) is 0 Å². The molecule has 0 bridgehead atoms.